The van der Waals surface area contributed by atoms with Crippen LogP contribution >= 0.6 is 11.8 Å². The number of nitrogens with zero attached hydrogens (tertiary/aromatic N) is 4. The zero-order valence-electron chi connectivity index (χ0n) is 20.6. The number of hydrazone groups is 1. The van der Waals surface area contributed by atoms with E-state index in [-0.39, 0.29) is 11.7 Å². The van der Waals surface area contributed by atoms with Crippen molar-refractivity contribution in [3.63, 3.8) is 0 Å². The van der Waals surface area contributed by atoms with E-state index < -0.39 is 0 Å². The number of rotatable bonds is 9. The lowest BCUT2D eigenvalue weighted by Crippen LogP contribution is -2.20. The second-order valence-electron chi connectivity index (χ2n) is 8.03. The Morgan fingerprint density at radius 3 is 2.33 bits per heavy atom. The summed E-state index contributed by atoms with van der Waals surface area (Å²) in [4.78, 5) is 12.5. The zero-order valence-corrected chi connectivity index (χ0v) is 21.4. The highest BCUT2D eigenvalue weighted by Crippen LogP contribution is 2.28. The van der Waals surface area contributed by atoms with Crippen molar-refractivity contribution in [1.82, 2.24) is 20.2 Å². The van der Waals surface area contributed by atoms with Gasteiger partial charge in [-0.15, -0.1) is 10.2 Å². The molecule has 0 saturated carbocycles. The number of hydrogen-bond acceptors (Lipinski definition) is 7. The molecule has 184 valence electrons. The average Bonchev–Trinajstić information content (AvgIpc) is 3.32. The molecule has 1 heterocycles. The van der Waals surface area contributed by atoms with Gasteiger partial charge in [0.25, 0.3) is 5.91 Å². The highest BCUT2D eigenvalue weighted by Gasteiger charge is 2.17. The molecule has 3 aromatic carbocycles. The molecular formula is C27H27N5O3S. The van der Waals surface area contributed by atoms with Crippen LogP contribution in [0.25, 0.3) is 17.1 Å². The van der Waals surface area contributed by atoms with Gasteiger partial charge in [0, 0.05) is 16.8 Å². The summed E-state index contributed by atoms with van der Waals surface area (Å²) in [7, 11) is 3.16. The van der Waals surface area contributed by atoms with Crippen LogP contribution in [0.4, 0.5) is 0 Å². The van der Waals surface area contributed by atoms with Gasteiger partial charge in [0.15, 0.2) is 11.0 Å². The van der Waals surface area contributed by atoms with Crippen molar-refractivity contribution in [3.8, 4) is 28.6 Å². The lowest BCUT2D eigenvalue weighted by Gasteiger charge is -2.11. The fourth-order valence-corrected chi connectivity index (χ4v) is 4.20. The monoisotopic (exact) mass is 501 g/mol. The number of benzene rings is 3. The standard InChI is InChI=1S/C27H27N5O3S/c1-18-5-9-20(10-6-18)26-30-31-27(32(26)22-11-7-19(2)8-12-22)36-17-25(33)29-28-16-21-15-23(34-3)13-14-24(21)35-4/h5-16H,17H2,1-4H3,(H,29,33). The van der Waals surface area contributed by atoms with Crippen LogP contribution in [-0.2, 0) is 4.79 Å². The molecule has 0 fully saturated rings. The van der Waals surface area contributed by atoms with Crippen molar-refractivity contribution in [1.29, 1.82) is 0 Å². The molecule has 0 aliphatic carbocycles. The van der Waals surface area contributed by atoms with Gasteiger partial charge in [-0.2, -0.15) is 5.10 Å². The van der Waals surface area contributed by atoms with Crippen LogP contribution in [0.3, 0.4) is 0 Å². The third kappa shape index (κ3) is 5.92. The fourth-order valence-electron chi connectivity index (χ4n) is 3.46. The maximum atomic E-state index is 12.5. The van der Waals surface area contributed by atoms with Crippen LogP contribution in [0.5, 0.6) is 11.5 Å². The molecule has 0 atom stereocenters. The molecule has 0 aliphatic heterocycles. The first-order valence-corrected chi connectivity index (χ1v) is 12.2. The second kappa shape index (κ2) is 11.5. The quantitative estimate of drug-likeness (QED) is 0.201. The molecule has 4 aromatic rings. The van der Waals surface area contributed by atoms with E-state index in [2.05, 4.69) is 20.7 Å². The van der Waals surface area contributed by atoms with Gasteiger partial charge in [-0.3, -0.25) is 9.36 Å². The minimum Gasteiger partial charge on any atom is -0.497 e. The van der Waals surface area contributed by atoms with E-state index in [1.165, 1.54) is 23.5 Å². The number of aromatic nitrogens is 3. The van der Waals surface area contributed by atoms with Gasteiger partial charge in [-0.05, 0) is 44.2 Å². The molecule has 8 nitrogen and oxygen atoms in total. The van der Waals surface area contributed by atoms with Gasteiger partial charge >= 0.3 is 0 Å². The molecule has 1 aromatic heterocycles. The number of carbonyl (C=O) groups is 1. The fraction of sp³-hybridized carbons (Fsp3) is 0.185. The Bertz CT molecular complexity index is 1370. The summed E-state index contributed by atoms with van der Waals surface area (Å²) >= 11 is 1.29. The van der Waals surface area contributed by atoms with Gasteiger partial charge in [0.1, 0.15) is 11.5 Å². The first-order chi connectivity index (χ1) is 17.5. The Hall–Kier alpha value is -4.11. The maximum absolute atomic E-state index is 12.5. The number of nitrogens with one attached hydrogen (secondary N) is 1. The Morgan fingerprint density at radius 1 is 0.972 bits per heavy atom. The van der Waals surface area contributed by atoms with Crippen LogP contribution in [0.15, 0.2) is 77.0 Å². The third-order valence-electron chi connectivity index (χ3n) is 5.40. The van der Waals surface area contributed by atoms with Crippen LogP contribution in [0, 0.1) is 13.8 Å². The highest BCUT2D eigenvalue weighted by atomic mass is 32.2. The molecule has 36 heavy (non-hydrogen) atoms. The summed E-state index contributed by atoms with van der Waals surface area (Å²) < 4.78 is 12.5. The smallest absolute Gasteiger partial charge is 0.250 e. The van der Waals surface area contributed by atoms with Crippen LogP contribution in [0.2, 0.25) is 0 Å². The molecule has 1 N–H and O–H groups in total. The topological polar surface area (TPSA) is 90.6 Å². The van der Waals surface area contributed by atoms with E-state index in [4.69, 9.17) is 9.47 Å². The Labute approximate surface area is 214 Å². The lowest BCUT2D eigenvalue weighted by atomic mass is 10.1. The number of aryl methyl sites for hydroxylation is 2. The lowest BCUT2D eigenvalue weighted by molar-refractivity contribution is -0.118. The number of thioether (sulfide) groups is 1. The van der Waals surface area contributed by atoms with Crippen molar-refractivity contribution in [2.45, 2.75) is 19.0 Å². The van der Waals surface area contributed by atoms with Crippen LogP contribution in [0.1, 0.15) is 16.7 Å². The zero-order chi connectivity index (χ0) is 25.5. The largest absolute Gasteiger partial charge is 0.497 e. The summed E-state index contributed by atoms with van der Waals surface area (Å²) in [6, 6.07) is 21.6. The summed E-state index contributed by atoms with van der Waals surface area (Å²) in [5.41, 5.74) is 7.43. The number of hydrogen-bond donors (Lipinski definition) is 1. The average molecular weight is 502 g/mol. The first kappa shape index (κ1) is 25.0. The molecule has 0 aliphatic rings. The van der Waals surface area contributed by atoms with E-state index in [1.807, 2.05) is 66.9 Å². The molecular weight excluding hydrogens is 474 g/mol. The van der Waals surface area contributed by atoms with Gasteiger partial charge in [-0.25, -0.2) is 5.43 Å². The van der Waals surface area contributed by atoms with Crippen LogP contribution < -0.4 is 14.9 Å². The van der Waals surface area contributed by atoms with Gasteiger partial charge in [0.05, 0.1) is 26.2 Å². The number of ether oxygens (including phenoxy) is 2. The minimum absolute atomic E-state index is 0.116. The second-order valence-corrected chi connectivity index (χ2v) is 8.98. The van der Waals surface area contributed by atoms with Crippen molar-refractivity contribution in [3.05, 3.63) is 83.4 Å². The summed E-state index contributed by atoms with van der Waals surface area (Å²) in [5.74, 6) is 1.85. The maximum Gasteiger partial charge on any atom is 0.250 e. The molecule has 4 rings (SSSR count). The molecule has 0 radical (unpaired) electrons. The predicted molar refractivity (Wildman–Crippen MR) is 142 cm³/mol. The van der Waals surface area contributed by atoms with E-state index in [0.717, 1.165) is 16.8 Å². The first-order valence-electron chi connectivity index (χ1n) is 11.2. The number of carbonyl (C=O) groups excluding carboxylic acids is 1. The van der Waals surface area contributed by atoms with Crippen molar-refractivity contribution in [2.75, 3.05) is 20.0 Å². The van der Waals surface area contributed by atoms with E-state index in [9.17, 15) is 4.79 Å². The number of amides is 1. The summed E-state index contributed by atoms with van der Waals surface area (Å²) in [6.07, 6.45) is 1.52. The third-order valence-corrected chi connectivity index (χ3v) is 6.33. The Balaban J connectivity index is 1.50. The molecule has 0 bridgehead atoms. The molecule has 0 saturated heterocycles. The molecule has 1 amide bonds. The van der Waals surface area contributed by atoms with Crippen molar-refractivity contribution in [2.24, 2.45) is 5.10 Å². The Kier molecular flexibility index (Phi) is 8.02. The van der Waals surface area contributed by atoms with Crippen molar-refractivity contribution >= 4 is 23.9 Å². The van der Waals surface area contributed by atoms with Gasteiger partial charge < -0.3 is 9.47 Å². The van der Waals surface area contributed by atoms with Crippen molar-refractivity contribution < 1.29 is 14.3 Å². The van der Waals surface area contributed by atoms with Gasteiger partial charge in [-0.1, -0.05) is 59.3 Å². The SMILES string of the molecule is COc1ccc(OC)c(C=NNC(=O)CSc2nnc(-c3ccc(C)cc3)n2-c2ccc(C)cc2)c1. The van der Waals surface area contributed by atoms with E-state index in [0.29, 0.717) is 28.0 Å². The highest BCUT2D eigenvalue weighted by molar-refractivity contribution is 7.99. The van der Waals surface area contributed by atoms with E-state index >= 15 is 0 Å². The minimum atomic E-state index is -0.270. The normalized spacial score (nSPS) is 11.0. The summed E-state index contributed by atoms with van der Waals surface area (Å²) in [5, 5.41) is 13.5. The Morgan fingerprint density at radius 2 is 1.67 bits per heavy atom. The predicted octanol–water partition coefficient (Wildman–Crippen LogP) is 4.81. The molecule has 0 unspecified atom stereocenters. The van der Waals surface area contributed by atoms with E-state index in [1.54, 1.807) is 32.4 Å². The van der Waals surface area contributed by atoms with Gasteiger partial charge in [0.2, 0.25) is 0 Å². The van der Waals surface area contributed by atoms with Crippen LogP contribution in [-0.4, -0.2) is 46.9 Å². The molecule has 0 spiro atoms. The molecule has 9 heteroatoms. The number of methoxy groups -OCH3 is 2. The summed E-state index contributed by atoms with van der Waals surface area (Å²) in [6.45, 7) is 4.08.